The number of carbonyl (C=O) groups is 4. The number of amides is 4. The van der Waals surface area contributed by atoms with Gasteiger partial charge in [0.25, 0.3) is 11.8 Å². The lowest BCUT2D eigenvalue weighted by atomic mass is 10.1. The number of imide groups is 2. The van der Waals surface area contributed by atoms with Crippen molar-refractivity contribution in [3.8, 4) is 11.5 Å². The second-order valence-corrected chi connectivity index (χ2v) is 5.33. The van der Waals surface area contributed by atoms with Crippen molar-refractivity contribution in [1.82, 2.24) is 10.6 Å². The third kappa shape index (κ3) is 3.90. The van der Waals surface area contributed by atoms with Gasteiger partial charge in [-0.05, 0) is 23.8 Å². The van der Waals surface area contributed by atoms with Gasteiger partial charge in [0.15, 0.2) is 11.5 Å². The van der Waals surface area contributed by atoms with Gasteiger partial charge in [0.05, 0.1) is 13.1 Å². The predicted octanol–water partition coefficient (Wildman–Crippen LogP) is -0.664. The maximum atomic E-state index is 11.7. The third-order valence-corrected chi connectivity index (χ3v) is 3.56. The highest BCUT2D eigenvalue weighted by atomic mass is 79.9. The summed E-state index contributed by atoms with van der Waals surface area (Å²) in [6, 6.07) is 1.95. The molecule has 9 nitrogen and oxygen atoms in total. The summed E-state index contributed by atoms with van der Waals surface area (Å²) in [4.78, 5) is 45.0. The Morgan fingerprint density at radius 3 is 2.38 bits per heavy atom. The molecule has 0 bridgehead atoms. The smallest absolute Gasteiger partial charge is 0.328 e. The lowest BCUT2D eigenvalue weighted by molar-refractivity contribution is -0.307. The lowest BCUT2D eigenvalue weighted by Crippen LogP contribution is -2.51. The Labute approximate surface area is 143 Å². The van der Waals surface area contributed by atoms with Gasteiger partial charge in [-0.3, -0.25) is 20.2 Å². The first-order chi connectivity index (χ1) is 11.3. The Kier molecular flexibility index (Phi) is 5.19. The number of nitrogens with one attached hydrogen (secondary N) is 2. The van der Waals surface area contributed by atoms with E-state index in [1.807, 2.05) is 10.6 Å². The van der Waals surface area contributed by atoms with Crippen LogP contribution in [0.2, 0.25) is 0 Å². The van der Waals surface area contributed by atoms with Gasteiger partial charge in [-0.2, -0.15) is 0 Å². The number of rotatable bonds is 5. The standard InChI is InChI=1S/C14H11BrN2O7/c1-23-9-3-6(8(15)4-10(9)24-5-11(18)19)2-7-12(20)16-14(22)17-13(7)21/h2-4H,5H2,1H3,(H,18,19)(H2,16,17,20,21,22)/p-1. The van der Waals surface area contributed by atoms with Crippen LogP contribution in [0.15, 0.2) is 22.2 Å². The number of carboxylic acid groups (broad SMARTS) is 1. The molecule has 1 heterocycles. The van der Waals surface area contributed by atoms with Gasteiger partial charge < -0.3 is 19.4 Å². The fourth-order valence-corrected chi connectivity index (χ4v) is 2.27. The molecule has 1 saturated heterocycles. The summed E-state index contributed by atoms with van der Waals surface area (Å²) in [7, 11) is 1.34. The van der Waals surface area contributed by atoms with Crippen LogP contribution in [0.1, 0.15) is 5.56 Å². The molecule has 24 heavy (non-hydrogen) atoms. The van der Waals surface area contributed by atoms with Crippen molar-refractivity contribution in [2.45, 2.75) is 0 Å². The molecule has 1 fully saturated rings. The number of barbiturate groups is 1. The zero-order valence-corrected chi connectivity index (χ0v) is 13.8. The van der Waals surface area contributed by atoms with Crippen molar-refractivity contribution in [3.05, 3.63) is 27.7 Å². The van der Waals surface area contributed by atoms with Crippen LogP contribution in [0.5, 0.6) is 11.5 Å². The van der Waals surface area contributed by atoms with Gasteiger partial charge in [-0.25, -0.2) is 4.79 Å². The van der Waals surface area contributed by atoms with Crippen molar-refractivity contribution in [2.24, 2.45) is 0 Å². The molecule has 0 atom stereocenters. The fraction of sp³-hybridized carbons (Fsp3) is 0.143. The average Bonchev–Trinajstić information content (AvgIpc) is 2.50. The number of aliphatic carboxylic acids is 1. The van der Waals surface area contributed by atoms with Gasteiger partial charge in [0.1, 0.15) is 12.2 Å². The molecule has 1 aromatic rings. The summed E-state index contributed by atoms with van der Waals surface area (Å²) in [6.45, 7) is -0.670. The molecular formula is C14H10BrN2O7-. The first kappa shape index (κ1) is 17.5. The molecule has 1 aromatic carbocycles. The molecule has 4 amide bonds. The summed E-state index contributed by atoms with van der Waals surface area (Å²) < 4.78 is 10.5. The van der Waals surface area contributed by atoms with E-state index in [-0.39, 0.29) is 17.1 Å². The highest BCUT2D eigenvalue weighted by molar-refractivity contribution is 9.10. The van der Waals surface area contributed by atoms with Crippen LogP contribution >= 0.6 is 15.9 Å². The Hall–Kier alpha value is -2.88. The monoisotopic (exact) mass is 397 g/mol. The molecule has 2 rings (SSSR count). The number of carbonyl (C=O) groups excluding carboxylic acids is 4. The van der Waals surface area contributed by atoms with Gasteiger partial charge in [0.2, 0.25) is 0 Å². The first-order valence-corrected chi connectivity index (χ1v) is 7.19. The molecule has 126 valence electrons. The number of methoxy groups -OCH3 is 1. The minimum Gasteiger partial charge on any atom is -0.546 e. The molecule has 0 aromatic heterocycles. The van der Waals surface area contributed by atoms with E-state index in [1.54, 1.807) is 0 Å². The van der Waals surface area contributed by atoms with Crippen molar-refractivity contribution >= 4 is 45.8 Å². The van der Waals surface area contributed by atoms with Crippen LogP contribution in [-0.2, 0) is 14.4 Å². The topological polar surface area (TPSA) is 134 Å². The Morgan fingerprint density at radius 2 is 1.83 bits per heavy atom. The minimum atomic E-state index is -1.40. The number of benzene rings is 1. The van der Waals surface area contributed by atoms with E-state index in [0.29, 0.717) is 10.0 Å². The lowest BCUT2D eigenvalue weighted by Gasteiger charge is -2.15. The maximum Gasteiger partial charge on any atom is 0.328 e. The summed E-state index contributed by atoms with van der Waals surface area (Å²) in [5.74, 6) is -2.78. The minimum absolute atomic E-state index is 0.128. The molecule has 0 unspecified atom stereocenters. The molecule has 0 aliphatic carbocycles. The summed E-state index contributed by atoms with van der Waals surface area (Å²) >= 11 is 3.22. The van der Waals surface area contributed by atoms with Crippen LogP contribution in [0.25, 0.3) is 6.08 Å². The van der Waals surface area contributed by atoms with E-state index in [0.717, 1.165) is 0 Å². The summed E-state index contributed by atoms with van der Waals surface area (Å²) in [6.07, 6.45) is 1.24. The maximum absolute atomic E-state index is 11.7. The fourth-order valence-electron chi connectivity index (χ4n) is 1.83. The highest BCUT2D eigenvalue weighted by Gasteiger charge is 2.28. The van der Waals surface area contributed by atoms with Crippen LogP contribution < -0.4 is 25.2 Å². The Morgan fingerprint density at radius 1 is 1.21 bits per heavy atom. The second kappa shape index (κ2) is 7.13. The van der Waals surface area contributed by atoms with E-state index in [2.05, 4.69) is 15.9 Å². The normalized spacial score (nSPS) is 13.9. The number of carboxylic acids is 1. The van der Waals surface area contributed by atoms with Crippen molar-refractivity contribution in [1.29, 1.82) is 0 Å². The third-order valence-electron chi connectivity index (χ3n) is 2.87. The van der Waals surface area contributed by atoms with E-state index < -0.39 is 30.4 Å². The van der Waals surface area contributed by atoms with Gasteiger partial charge >= 0.3 is 6.03 Å². The molecule has 0 saturated carbocycles. The number of urea groups is 1. The first-order valence-electron chi connectivity index (χ1n) is 6.40. The largest absolute Gasteiger partial charge is 0.546 e. The van der Waals surface area contributed by atoms with Crippen molar-refractivity contribution in [3.63, 3.8) is 0 Å². The Bertz CT molecular complexity index is 751. The number of hydrogen-bond donors (Lipinski definition) is 2. The second-order valence-electron chi connectivity index (χ2n) is 4.48. The average molecular weight is 398 g/mol. The van der Waals surface area contributed by atoms with Gasteiger partial charge in [-0.15, -0.1) is 0 Å². The Balaban J connectivity index is 2.39. The van der Waals surface area contributed by atoms with Gasteiger partial charge in [0, 0.05) is 4.47 Å². The van der Waals surface area contributed by atoms with E-state index in [4.69, 9.17) is 9.47 Å². The van der Waals surface area contributed by atoms with Crippen LogP contribution in [-0.4, -0.2) is 37.5 Å². The molecule has 10 heteroatoms. The predicted molar refractivity (Wildman–Crippen MR) is 80.9 cm³/mol. The molecule has 1 aliphatic heterocycles. The SMILES string of the molecule is COc1cc(C=C2C(=O)NC(=O)NC2=O)c(Br)cc1OCC(=O)[O-]. The van der Waals surface area contributed by atoms with Crippen molar-refractivity contribution < 1.29 is 33.8 Å². The van der Waals surface area contributed by atoms with Crippen molar-refractivity contribution in [2.75, 3.05) is 13.7 Å². The number of ether oxygens (including phenoxy) is 2. The quantitative estimate of drug-likeness (QED) is 0.497. The van der Waals surface area contributed by atoms with E-state index >= 15 is 0 Å². The number of halogens is 1. The summed E-state index contributed by atoms with van der Waals surface area (Å²) in [5, 5.41) is 14.4. The zero-order valence-electron chi connectivity index (χ0n) is 12.2. The summed E-state index contributed by atoms with van der Waals surface area (Å²) in [5.41, 5.74) is 0.100. The zero-order chi connectivity index (χ0) is 17.9. The molecule has 2 N–H and O–H groups in total. The molecular weight excluding hydrogens is 388 g/mol. The molecule has 1 aliphatic rings. The van der Waals surface area contributed by atoms with Crippen LogP contribution in [0.3, 0.4) is 0 Å². The van der Waals surface area contributed by atoms with Crippen LogP contribution in [0, 0.1) is 0 Å². The van der Waals surface area contributed by atoms with E-state index in [9.17, 15) is 24.3 Å². The molecule has 0 spiro atoms. The number of hydrogen-bond acceptors (Lipinski definition) is 7. The van der Waals surface area contributed by atoms with Gasteiger partial charge in [-0.1, -0.05) is 15.9 Å². The van der Waals surface area contributed by atoms with Crippen LogP contribution in [0.4, 0.5) is 4.79 Å². The molecule has 0 radical (unpaired) electrons. The van der Waals surface area contributed by atoms with E-state index in [1.165, 1.54) is 25.3 Å². The highest BCUT2D eigenvalue weighted by Crippen LogP contribution is 2.34.